The Morgan fingerprint density at radius 2 is 1.05 bits per heavy atom. The quantitative estimate of drug-likeness (QED) is 0.219. The number of halogens is 1. The van der Waals surface area contributed by atoms with Gasteiger partial charge in [0.1, 0.15) is 0 Å². The summed E-state index contributed by atoms with van der Waals surface area (Å²) in [5.41, 5.74) is 0. The van der Waals surface area contributed by atoms with Gasteiger partial charge in [0, 0.05) is 17.1 Å². The van der Waals surface area contributed by atoms with Gasteiger partial charge in [0.05, 0.1) is 39.6 Å². The molecule has 0 saturated carbocycles. The second kappa shape index (κ2) is 16.9. The third-order valence-electron chi connectivity index (χ3n) is 2.85. The molecule has 0 aromatic carbocycles. The van der Waals surface area contributed by atoms with Gasteiger partial charge < -0.3 is 18.9 Å². The van der Waals surface area contributed by atoms with E-state index in [1.54, 1.807) is 0 Å². The smallest absolute Gasteiger partial charge is 0.0701 e. The van der Waals surface area contributed by atoms with Crippen LogP contribution in [0.3, 0.4) is 0 Å². The van der Waals surface area contributed by atoms with E-state index in [1.165, 1.54) is 6.42 Å². The maximum atomic E-state index is 5.49. The zero-order valence-corrected chi connectivity index (χ0v) is 16.1. The van der Waals surface area contributed by atoms with Gasteiger partial charge in [-0.15, -0.1) is 0 Å². The van der Waals surface area contributed by atoms with E-state index in [9.17, 15) is 0 Å². The number of rotatable bonds is 16. The van der Waals surface area contributed by atoms with Crippen molar-refractivity contribution in [2.45, 2.75) is 44.0 Å². The lowest BCUT2D eigenvalue weighted by atomic mass is 10.1. The zero-order chi connectivity index (χ0) is 15.8. The molecule has 0 aliphatic rings. The number of ether oxygens (including phenoxy) is 4. The third kappa shape index (κ3) is 20.6. The first-order valence-corrected chi connectivity index (χ1v) is 9.32. The normalized spacial score (nSPS) is 13.0. The van der Waals surface area contributed by atoms with Crippen LogP contribution in [0.4, 0.5) is 0 Å². The van der Waals surface area contributed by atoms with Crippen LogP contribution in [0.5, 0.6) is 0 Å². The molecule has 0 amide bonds. The molecule has 5 heteroatoms. The summed E-state index contributed by atoms with van der Waals surface area (Å²) in [6, 6.07) is 0. The summed E-state index contributed by atoms with van der Waals surface area (Å²) in [6.45, 7) is 12.2. The van der Waals surface area contributed by atoms with Gasteiger partial charge in [-0.3, -0.25) is 0 Å². The van der Waals surface area contributed by atoms with Crippen molar-refractivity contribution in [2.24, 2.45) is 5.92 Å². The highest BCUT2D eigenvalue weighted by Gasteiger charge is 1.96. The second-order valence-corrected chi connectivity index (χ2v) is 7.68. The molecule has 0 aliphatic carbocycles. The highest BCUT2D eigenvalue weighted by atomic mass is 127. The van der Waals surface area contributed by atoms with E-state index in [-0.39, 0.29) is 0 Å². The Balaban J connectivity index is 2.96. The molecule has 0 bridgehead atoms. The molecular weight excluding hydrogens is 383 g/mol. The standard InChI is InChI=1S/C16H33IO4/c1-15(2)6-8-19-10-12-21-14-13-20-11-9-18-7-4-5-16(3)17/h15-16H,4-14H2,1-3H3. The summed E-state index contributed by atoms with van der Waals surface area (Å²) >= 11 is 2.44. The Morgan fingerprint density at radius 1 is 0.619 bits per heavy atom. The molecule has 21 heavy (non-hydrogen) atoms. The van der Waals surface area contributed by atoms with Gasteiger partial charge in [-0.2, -0.15) is 0 Å². The van der Waals surface area contributed by atoms with Crippen LogP contribution in [0.25, 0.3) is 0 Å². The highest BCUT2D eigenvalue weighted by molar-refractivity contribution is 14.1. The first-order valence-electron chi connectivity index (χ1n) is 8.08. The van der Waals surface area contributed by atoms with Gasteiger partial charge in [-0.05, 0) is 25.2 Å². The lowest BCUT2D eigenvalue weighted by Gasteiger charge is -2.08. The zero-order valence-electron chi connectivity index (χ0n) is 13.9. The topological polar surface area (TPSA) is 36.9 Å². The van der Waals surface area contributed by atoms with Gasteiger partial charge in [0.2, 0.25) is 0 Å². The molecule has 0 saturated heterocycles. The van der Waals surface area contributed by atoms with E-state index >= 15 is 0 Å². The Bertz CT molecular complexity index is 181. The molecule has 0 spiro atoms. The van der Waals surface area contributed by atoms with Crippen LogP contribution in [0, 0.1) is 5.92 Å². The summed E-state index contributed by atoms with van der Waals surface area (Å²) in [6.07, 6.45) is 3.46. The van der Waals surface area contributed by atoms with Crippen molar-refractivity contribution < 1.29 is 18.9 Å². The average Bonchev–Trinajstić information content (AvgIpc) is 2.42. The van der Waals surface area contributed by atoms with Crippen molar-refractivity contribution in [1.82, 2.24) is 0 Å². The maximum Gasteiger partial charge on any atom is 0.0701 e. The Morgan fingerprint density at radius 3 is 1.48 bits per heavy atom. The summed E-state index contributed by atoms with van der Waals surface area (Å²) in [7, 11) is 0. The van der Waals surface area contributed by atoms with Crippen LogP contribution in [-0.4, -0.2) is 56.8 Å². The van der Waals surface area contributed by atoms with E-state index < -0.39 is 0 Å². The predicted octanol–water partition coefficient (Wildman–Crippen LogP) is 3.70. The Labute approximate surface area is 144 Å². The monoisotopic (exact) mass is 416 g/mol. The highest BCUT2D eigenvalue weighted by Crippen LogP contribution is 2.06. The van der Waals surface area contributed by atoms with Gasteiger partial charge in [-0.25, -0.2) is 0 Å². The van der Waals surface area contributed by atoms with Gasteiger partial charge >= 0.3 is 0 Å². The van der Waals surface area contributed by atoms with E-state index in [1.807, 2.05) is 0 Å². The van der Waals surface area contributed by atoms with Gasteiger partial charge in [-0.1, -0.05) is 43.4 Å². The third-order valence-corrected chi connectivity index (χ3v) is 3.47. The molecule has 128 valence electrons. The largest absolute Gasteiger partial charge is 0.379 e. The lowest BCUT2D eigenvalue weighted by Crippen LogP contribution is -2.12. The van der Waals surface area contributed by atoms with E-state index in [0.29, 0.717) is 45.6 Å². The van der Waals surface area contributed by atoms with E-state index in [0.717, 1.165) is 30.0 Å². The van der Waals surface area contributed by atoms with Crippen molar-refractivity contribution >= 4 is 22.6 Å². The van der Waals surface area contributed by atoms with Crippen molar-refractivity contribution in [1.29, 1.82) is 0 Å². The van der Waals surface area contributed by atoms with Crippen LogP contribution in [-0.2, 0) is 18.9 Å². The van der Waals surface area contributed by atoms with Crippen molar-refractivity contribution in [3.05, 3.63) is 0 Å². The molecule has 4 nitrogen and oxygen atoms in total. The maximum absolute atomic E-state index is 5.49. The molecule has 0 fully saturated rings. The Hall–Kier alpha value is 0.570. The van der Waals surface area contributed by atoms with E-state index in [4.69, 9.17) is 18.9 Å². The van der Waals surface area contributed by atoms with Gasteiger partial charge in [0.15, 0.2) is 0 Å². The molecular formula is C16H33IO4. The molecule has 0 N–H and O–H groups in total. The molecule has 1 unspecified atom stereocenters. The van der Waals surface area contributed by atoms with Gasteiger partial charge in [0.25, 0.3) is 0 Å². The fraction of sp³-hybridized carbons (Fsp3) is 1.00. The summed E-state index contributed by atoms with van der Waals surface area (Å²) in [5.74, 6) is 0.700. The average molecular weight is 416 g/mol. The van der Waals surface area contributed by atoms with Crippen LogP contribution in [0.15, 0.2) is 0 Å². The van der Waals surface area contributed by atoms with Crippen molar-refractivity contribution in [3.8, 4) is 0 Å². The SMILES string of the molecule is CC(C)CCOCCOCCOCCOCCCC(C)I. The fourth-order valence-corrected chi connectivity index (χ4v) is 1.99. The first kappa shape index (κ1) is 21.6. The molecule has 1 atom stereocenters. The molecule has 0 heterocycles. The molecule has 0 aromatic heterocycles. The Kier molecular flexibility index (Phi) is 17.4. The minimum absolute atomic E-state index is 0.625. The van der Waals surface area contributed by atoms with Crippen molar-refractivity contribution in [3.63, 3.8) is 0 Å². The minimum atomic E-state index is 0.625. The van der Waals surface area contributed by atoms with Crippen molar-refractivity contribution in [2.75, 3.05) is 52.9 Å². The number of hydrogen-bond acceptors (Lipinski definition) is 4. The van der Waals surface area contributed by atoms with E-state index in [2.05, 4.69) is 43.4 Å². The van der Waals surface area contributed by atoms with Crippen LogP contribution < -0.4 is 0 Å². The number of alkyl halides is 1. The summed E-state index contributed by atoms with van der Waals surface area (Å²) < 4.78 is 22.5. The second-order valence-electron chi connectivity index (χ2n) is 5.56. The molecule has 0 aromatic rings. The first-order chi connectivity index (χ1) is 10.1. The van der Waals surface area contributed by atoms with Crippen LogP contribution in [0.1, 0.15) is 40.0 Å². The molecule has 0 rings (SSSR count). The fourth-order valence-electron chi connectivity index (χ4n) is 1.55. The molecule has 0 aliphatic heterocycles. The summed E-state index contributed by atoms with van der Waals surface area (Å²) in [5, 5.41) is 0. The summed E-state index contributed by atoms with van der Waals surface area (Å²) in [4.78, 5) is 0. The predicted molar refractivity (Wildman–Crippen MR) is 95.4 cm³/mol. The number of hydrogen-bond donors (Lipinski definition) is 0. The lowest BCUT2D eigenvalue weighted by molar-refractivity contribution is -0.00299. The molecule has 0 radical (unpaired) electrons. The minimum Gasteiger partial charge on any atom is -0.379 e. The van der Waals surface area contributed by atoms with Crippen LogP contribution >= 0.6 is 22.6 Å². The van der Waals surface area contributed by atoms with Crippen LogP contribution in [0.2, 0.25) is 0 Å².